The standard InChI is InChI=1S/C23H17Br2NO3S2/c1-14-5-7-15(8-6-14)11-22-23(27)26-20-10-9-16(12-21(20)30-22)31(28,29)13-17-18(24)3-2-4-19(17)25/h2-12H,13H2,1H3,(H,26,27)/b22-11+. The van der Waals surface area contributed by atoms with E-state index in [1.54, 1.807) is 12.1 Å². The van der Waals surface area contributed by atoms with Crippen LogP contribution in [0.15, 0.2) is 84.3 Å². The van der Waals surface area contributed by atoms with Crippen LogP contribution in [0.25, 0.3) is 6.08 Å². The van der Waals surface area contributed by atoms with Gasteiger partial charge in [-0.1, -0.05) is 79.5 Å². The molecule has 0 saturated heterocycles. The fourth-order valence-electron chi connectivity index (χ4n) is 3.09. The van der Waals surface area contributed by atoms with Gasteiger partial charge < -0.3 is 5.32 Å². The zero-order valence-corrected chi connectivity index (χ0v) is 21.2. The smallest absolute Gasteiger partial charge is 0.262 e. The molecule has 0 aromatic heterocycles. The van der Waals surface area contributed by atoms with E-state index < -0.39 is 9.84 Å². The number of hydrogen-bond donors (Lipinski definition) is 1. The average Bonchev–Trinajstić information content (AvgIpc) is 2.73. The lowest BCUT2D eigenvalue weighted by molar-refractivity contribution is -0.112. The molecule has 8 heteroatoms. The summed E-state index contributed by atoms with van der Waals surface area (Å²) in [5, 5.41) is 2.85. The molecule has 4 rings (SSSR count). The lowest BCUT2D eigenvalue weighted by atomic mass is 10.1. The van der Waals surface area contributed by atoms with E-state index in [1.807, 2.05) is 55.5 Å². The summed E-state index contributed by atoms with van der Waals surface area (Å²) in [4.78, 5) is 13.9. The number of thioether (sulfide) groups is 1. The van der Waals surface area contributed by atoms with Crippen molar-refractivity contribution in [3.63, 3.8) is 0 Å². The Morgan fingerprint density at radius 3 is 2.35 bits per heavy atom. The second kappa shape index (κ2) is 8.94. The highest BCUT2D eigenvalue weighted by Crippen LogP contribution is 2.40. The topological polar surface area (TPSA) is 63.2 Å². The molecule has 4 nitrogen and oxygen atoms in total. The molecule has 0 bridgehead atoms. The Morgan fingerprint density at radius 1 is 1.00 bits per heavy atom. The van der Waals surface area contributed by atoms with Gasteiger partial charge in [0.25, 0.3) is 5.91 Å². The molecule has 0 atom stereocenters. The molecule has 3 aromatic rings. The Hall–Kier alpha value is -1.87. The molecule has 158 valence electrons. The maximum Gasteiger partial charge on any atom is 0.262 e. The zero-order valence-electron chi connectivity index (χ0n) is 16.4. The minimum Gasteiger partial charge on any atom is -0.320 e. The highest BCUT2D eigenvalue weighted by atomic mass is 79.9. The zero-order chi connectivity index (χ0) is 22.2. The normalized spacial score (nSPS) is 14.9. The first-order valence-corrected chi connectivity index (χ1v) is 13.4. The molecule has 0 unspecified atom stereocenters. The lowest BCUT2D eigenvalue weighted by Gasteiger charge is -2.19. The number of aryl methyl sites for hydroxylation is 1. The number of benzene rings is 3. The third-order valence-electron chi connectivity index (χ3n) is 4.78. The monoisotopic (exact) mass is 577 g/mol. The van der Waals surface area contributed by atoms with Crippen molar-refractivity contribution in [1.82, 2.24) is 0 Å². The summed E-state index contributed by atoms with van der Waals surface area (Å²) in [6.45, 7) is 2.00. The van der Waals surface area contributed by atoms with E-state index in [1.165, 1.54) is 17.8 Å². The number of fused-ring (bicyclic) bond motifs is 1. The van der Waals surface area contributed by atoms with Crippen molar-refractivity contribution in [2.75, 3.05) is 5.32 Å². The second-order valence-electron chi connectivity index (χ2n) is 7.09. The van der Waals surface area contributed by atoms with Crippen molar-refractivity contribution in [2.45, 2.75) is 22.5 Å². The van der Waals surface area contributed by atoms with E-state index in [0.717, 1.165) is 20.1 Å². The third-order valence-corrected chi connectivity index (χ3v) is 8.98. The van der Waals surface area contributed by atoms with Gasteiger partial charge in [-0.3, -0.25) is 4.79 Å². The molecule has 0 fully saturated rings. The molecule has 1 N–H and O–H groups in total. The van der Waals surface area contributed by atoms with Crippen LogP contribution in [-0.4, -0.2) is 14.3 Å². The molecular weight excluding hydrogens is 562 g/mol. The summed E-state index contributed by atoms with van der Waals surface area (Å²) in [7, 11) is -3.59. The number of amides is 1. The molecule has 0 saturated carbocycles. The molecule has 1 heterocycles. The maximum absolute atomic E-state index is 13.1. The van der Waals surface area contributed by atoms with Gasteiger partial charge in [0, 0.05) is 13.8 Å². The van der Waals surface area contributed by atoms with Crippen molar-refractivity contribution in [3.8, 4) is 0 Å². The van der Waals surface area contributed by atoms with E-state index in [0.29, 0.717) is 21.1 Å². The van der Waals surface area contributed by atoms with Crippen LogP contribution < -0.4 is 5.32 Å². The molecule has 3 aromatic carbocycles. The number of nitrogens with one attached hydrogen (secondary N) is 1. The van der Waals surface area contributed by atoms with Crippen LogP contribution in [-0.2, 0) is 20.4 Å². The first-order valence-electron chi connectivity index (χ1n) is 9.30. The first kappa shape index (κ1) is 22.3. The number of carbonyl (C=O) groups excluding carboxylic acids is 1. The second-order valence-corrected chi connectivity index (χ2v) is 11.9. The predicted molar refractivity (Wildman–Crippen MR) is 133 cm³/mol. The van der Waals surface area contributed by atoms with Gasteiger partial charge in [0.2, 0.25) is 0 Å². The van der Waals surface area contributed by atoms with E-state index >= 15 is 0 Å². The van der Waals surface area contributed by atoms with Crippen LogP contribution >= 0.6 is 43.6 Å². The fourth-order valence-corrected chi connectivity index (χ4v) is 7.23. The number of halogens is 2. The van der Waals surface area contributed by atoms with Gasteiger partial charge >= 0.3 is 0 Å². The summed E-state index contributed by atoms with van der Waals surface area (Å²) in [5.41, 5.74) is 3.33. The van der Waals surface area contributed by atoms with Gasteiger partial charge in [-0.2, -0.15) is 0 Å². The summed E-state index contributed by atoms with van der Waals surface area (Å²) in [6, 6.07) is 18.1. The van der Waals surface area contributed by atoms with E-state index in [2.05, 4.69) is 37.2 Å². The largest absolute Gasteiger partial charge is 0.320 e. The Balaban J connectivity index is 1.65. The van der Waals surface area contributed by atoms with Crippen LogP contribution in [0.5, 0.6) is 0 Å². The van der Waals surface area contributed by atoms with Gasteiger partial charge in [-0.05, 0) is 54.5 Å². The van der Waals surface area contributed by atoms with Gasteiger partial charge in [-0.15, -0.1) is 0 Å². The van der Waals surface area contributed by atoms with Crippen molar-refractivity contribution in [3.05, 3.63) is 91.2 Å². The Morgan fingerprint density at radius 2 is 1.68 bits per heavy atom. The predicted octanol–water partition coefficient (Wildman–Crippen LogP) is 6.58. The summed E-state index contributed by atoms with van der Waals surface area (Å²) < 4.78 is 27.7. The summed E-state index contributed by atoms with van der Waals surface area (Å²) in [6.07, 6.45) is 1.81. The first-order chi connectivity index (χ1) is 14.7. The van der Waals surface area contributed by atoms with Crippen LogP contribution in [0.2, 0.25) is 0 Å². The molecule has 1 aliphatic rings. The molecule has 0 aliphatic carbocycles. The minimum absolute atomic E-state index is 0.142. The Kier molecular flexibility index (Phi) is 6.44. The Bertz CT molecular complexity index is 1300. The van der Waals surface area contributed by atoms with Crippen molar-refractivity contribution in [1.29, 1.82) is 0 Å². The molecule has 0 spiro atoms. The highest BCUT2D eigenvalue weighted by molar-refractivity contribution is 9.11. The molecule has 0 radical (unpaired) electrons. The number of carbonyl (C=O) groups is 1. The quantitative estimate of drug-likeness (QED) is 0.355. The SMILES string of the molecule is Cc1ccc(/C=C2/Sc3cc(S(=O)(=O)Cc4c(Br)cccc4Br)ccc3NC2=O)cc1. The number of hydrogen-bond acceptors (Lipinski definition) is 4. The summed E-state index contributed by atoms with van der Waals surface area (Å²) >= 11 is 8.13. The lowest BCUT2D eigenvalue weighted by Crippen LogP contribution is -2.17. The number of rotatable bonds is 4. The molecule has 31 heavy (non-hydrogen) atoms. The number of anilines is 1. The van der Waals surface area contributed by atoms with Gasteiger partial charge in [0.05, 0.1) is 21.2 Å². The Labute approximate surface area is 202 Å². The molecular formula is C23H17Br2NO3S2. The van der Waals surface area contributed by atoms with Gasteiger partial charge in [0.15, 0.2) is 9.84 Å². The summed E-state index contributed by atoms with van der Waals surface area (Å²) in [5.74, 6) is -0.345. The molecule has 1 amide bonds. The van der Waals surface area contributed by atoms with E-state index in [4.69, 9.17) is 0 Å². The van der Waals surface area contributed by atoms with E-state index in [-0.39, 0.29) is 16.6 Å². The highest BCUT2D eigenvalue weighted by Gasteiger charge is 2.25. The van der Waals surface area contributed by atoms with Gasteiger partial charge in [0.1, 0.15) is 0 Å². The van der Waals surface area contributed by atoms with Crippen LogP contribution in [0.1, 0.15) is 16.7 Å². The average molecular weight is 579 g/mol. The van der Waals surface area contributed by atoms with Gasteiger partial charge in [-0.25, -0.2) is 8.42 Å². The molecule has 1 aliphatic heterocycles. The number of sulfone groups is 1. The van der Waals surface area contributed by atoms with Crippen LogP contribution in [0, 0.1) is 6.92 Å². The van der Waals surface area contributed by atoms with Crippen molar-refractivity contribution < 1.29 is 13.2 Å². The fraction of sp³-hybridized carbons (Fsp3) is 0.0870. The third kappa shape index (κ3) is 4.98. The minimum atomic E-state index is -3.59. The maximum atomic E-state index is 13.1. The van der Waals surface area contributed by atoms with Crippen molar-refractivity contribution >= 4 is 71.1 Å². The van der Waals surface area contributed by atoms with Crippen LogP contribution in [0.4, 0.5) is 5.69 Å². The van der Waals surface area contributed by atoms with E-state index in [9.17, 15) is 13.2 Å². The van der Waals surface area contributed by atoms with Crippen molar-refractivity contribution in [2.24, 2.45) is 0 Å². The van der Waals surface area contributed by atoms with Crippen LogP contribution in [0.3, 0.4) is 0 Å².